The predicted molar refractivity (Wildman–Crippen MR) is 101 cm³/mol. The Morgan fingerprint density at radius 3 is 2.84 bits per heavy atom. The summed E-state index contributed by atoms with van der Waals surface area (Å²) in [6.45, 7) is 6.64. The van der Waals surface area contributed by atoms with Gasteiger partial charge in [0.05, 0.1) is 0 Å². The number of para-hydroxylation sites is 1. The van der Waals surface area contributed by atoms with Crippen molar-refractivity contribution in [3.8, 4) is 5.75 Å². The molecule has 2 amide bonds. The van der Waals surface area contributed by atoms with E-state index in [1.165, 1.54) is 5.56 Å². The number of nitrogen functional groups attached to an aromatic ring is 1. The van der Waals surface area contributed by atoms with Gasteiger partial charge in [-0.2, -0.15) is 0 Å². The maximum absolute atomic E-state index is 12.1. The zero-order valence-electron chi connectivity index (χ0n) is 15.0. The number of hydrogen-bond acceptors (Lipinski definition) is 3. The summed E-state index contributed by atoms with van der Waals surface area (Å²) in [5.74, 6) is 0.976. The van der Waals surface area contributed by atoms with Crippen molar-refractivity contribution in [2.45, 2.75) is 39.2 Å². The van der Waals surface area contributed by atoms with Gasteiger partial charge in [-0.05, 0) is 62.1 Å². The third-order valence-corrected chi connectivity index (χ3v) is 4.38. The van der Waals surface area contributed by atoms with Crippen LogP contribution in [0.2, 0.25) is 0 Å². The number of benzene rings is 2. The summed E-state index contributed by atoms with van der Waals surface area (Å²) in [5, 5.41) is 5.71. The molecule has 1 aliphatic heterocycles. The van der Waals surface area contributed by atoms with Gasteiger partial charge in [0.1, 0.15) is 11.4 Å². The number of aryl methyl sites for hydroxylation is 1. The molecule has 0 aliphatic carbocycles. The van der Waals surface area contributed by atoms with Crippen LogP contribution >= 0.6 is 0 Å². The first-order valence-electron chi connectivity index (χ1n) is 8.55. The number of rotatable bonds is 4. The second kappa shape index (κ2) is 6.67. The standard InChI is InChI=1S/C20H25N3O2/c1-13-11-16(7-8-17(13)21)23-19(24)22-10-9-14-5-4-6-15-12-20(2,3)25-18(14)15/h4-8,11H,9-10,12,21H2,1-3H3,(H2,22,23,24). The molecule has 5 nitrogen and oxygen atoms in total. The lowest BCUT2D eigenvalue weighted by molar-refractivity contribution is 0.137. The molecule has 1 heterocycles. The van der Waals surface area contributed by atoms with Crippen LogP contribution in [0.15, 0.2) is 36.4 Å². The van der Waals surface area contributed by atoms with Crippen LogP contribution in [0, 0.1) is 6.92 Å². The van der Waals surface area contributed by atoms with Gasteiger partial charge in [0.25, 0.3) is 0 Å². The fraction of sp³-hybridized carbons (Fsp3) is 0.350. The molecule has 4 N–H and O–H groups in total. The summed E-state index contributed by atoms with van der Waals surface area (Å²) in [5.41, 5.74) is 10.4. The first kappa shape index (κ1) is 17.1. The molecule has 0 fully saturated rings. The smallest absolute Gasteiger partial charge is 0.319 e. The Morgan fingerprint density at radius 2 is 2.08 bits per heavy atom. The lowest BCUT2D eigenvalue weighted by Gasteiger charge is -2.18. The van der Waals surface area contributed by atoms with Gasteiger partial charge in [-0.15, -0.1) is 0 Å². The minimum absolute atomic E-state index is 0.156. The van der Waals surface area contributed by atoms with E-state index in [1.54, 1.807) is 12.1 Å². The number of anilines is 2. The monoisotopic (exact) mass is 339 g/mol. The number of carbonyl (C=O) groups excluding carboxylic acids is 1. The van der Waals surface area contributed by atoms with E-state index in [9.17, 15) is 4.79 Å². The van der Waals surface area contributed by atoms with Crippen LogP contribution in [-0.2, 0) is 12.8 Å². The van der Waals surface area contributed by atoms with Crippen molar-refractivity contribution in [3.05, 3.63) is 53.1 Å². The second-order valence-electron chi connectivity index (χ2n) is 7.15. The molecule has 0 radical (unpaired) electrons. The lowest BCUT2D eigenvalue weighted by atomic mass is 10.00. The van der Waals surface area contributed by atoms with Gasteiger partial charge in [-0.25, -0.2) is 4.79 Å². The Bertz CT molecular complexity index is 800. The Labute approximate surface area is 148 Å². The van der Waals surface area contributed by atoms with Gasteiger partial charge in [-0.1, -0.05) is 18.2 Å². The number of ether oxygens (including phenoxy) is 1. The molecule has 0 saturated heterocycles. The molecule has 1 aliphatic rings. The Kier molecular flexibility index (Phi) is 4.57. The van der Waals surface area contributed by atoms with Crippen molar-refractivity contribution in [2.24, 2.45) is 0 Å². The highest BCUT2D eigenvalue weighted by atomic mass is 16.5. The fourth-order valence-electron chi connectivity index (χ4n) is 3.12. The summed E-state index contributed by atoms with van der Waals surface area (Å²) < 4.78 is 6.06. The SMILES string of the molecule is Cc1cc(NC(=O)NCCc2cccc3c2OC(C)(C)C3)ccc1N. The van der Waals surface area contributed by atoms with E-state index in [0.29, 0.717) is 12.2 Å². The minimum atomic E-state index is -0.224. The number of fused-ring (bicyclic) bond motifs is 1. The number of carbonyl (C=O) groups is 1. The molecule has 2 aromatic carbocycles. The van der Waals surface area contributed by atoms with Crippen LogP contribution < -0.4 is 21.1 Å². The zero-order chi connectivity index (χ0) is 18.0. The van der Waals surface area contributed by atoms with Gasteiger partial charge in [0.2, 0.25) is 0 Å². The third-order valence-electron chi connectivity index (χ3n) is 4.38. The van der Waals surface area contributed by atoms with Crippen LogP contribution in [0.4, 0.5) is 16.2 Å². The highest BCUT2D eigenvalue weighted by Gasteiger charge is 2.31. The Balaban J connectivity index is 1.54. The fourth-order valence-corrected chi connectivity index (χ4v) is 3.12. The van der Waals surface area contributed by atoms with Crippen molar-refractivity contribution in [3.63, 3.8) is 0 Å². The van der Waals surface area contributed by atoms with Crippen molar-refractivity contribution < 1.29 is 9.53 Å². The molecule has 0 aromatic heterocycles. The number of hydrogen-bond donors (Lipinski definition) is 3. The molecule has 132 valence electrons. The molecule has 0 atom stereocenters. The van der Waals surface area contributed by atoms with E-state index in [0.717, 1.165) is 35.4 Å². The summed E-state index contributed by atoms with van der Waals surface area (Å²) in [7, 11) is 0. The largest absolute Gasteiger partial charge is 0.487 e. The average Bonchev–Trinajstić information content (AvgIpc) is 2.86. The number of nitrogens with one attached hydrogen (secondary N) is 2. The number of nitrogens with two attached hydrogens (primary N) is 1. The van der Waals surface area contributed by atoms with Gasteiger partial charge in [0.15, 0.2) is 0 Å². The molecule has 0 unspecified atom stereocenters. The van der Waals surface area contributed by atoms with Gasteiger partial charge < -0.3 is 21.1 Å². The summed E-state index contributed by atoms with van der Waals surface area (Å²) in [4.78, 5) is 12.1. The molecular formula is C20H25N3O2. The van der Waals surface area contributed by atoms with Gasteiger partial charge in [0, 0.05) is 24.3 Å². The van der Waals surface area contributed by atoms with E-state index in [2.05, 4.69) is 42.7 Å². The highest BCUT2D eigenvalue weighted by Crippen LogP contribution is 2.37. The molecule has 0 spiro atoms. The van der Waals surface area contributed by atoms with E-state index < -0.39 is 0 Å². The van der Waals surface area contributed by atoms with Gasteiger partial charge in [-0.3, -0.25) is 0 Å². The average molecular weight is 339 g/mol. The second-order valence-corrected chi connectivity index (χ2v) is 7.15. The van der Waals surface area contributed by atoms with Crippen LogP contribution in [-0.4, -0.2) is 18.2 Å². The Hall–Kier alpha value is -2.69. The van der Waals surface area contributed by atoms with Crippen molar-refractivity contribution in [1.82, 2.24) is 5.32 Å². The molecule has 0 bridgehead atoms. The molecule has 0 saturated carbocycles. The third kappa shape index (κ3) is 4.05. The van der Waals surface area contributed by atoms with Crippen LogP contribution in [0.5, 0.6) is 5.75 Å². The number of urea groups is 1. The zero-order valence-corrected chi connectivity index (χ0v) is 15.0. The molecule has 3 rings (SSSR count). The van der Waals surface area contributed by atoms with Gasteiger partial charge >= 0.3 is 6.03 Å². The first-order chi connectivity index (χ1) is 11.8. The molecule has 5 heteroatoms. The van der Waals surface area contributed by atoms with E-state index in [1.807, 2.05) is 13.0 Å². The summed E-state index contributed by atoms with van der Waals surface area (Å²) in [6.07, 6.45) is 1.65. The maximum Gasteiger partial charge on any atom is 0.319 e. The molecular weight excluding hydrogens is 314 g/mol. The van der Waals surface area contributed by atoms with Crippen LogP contribution in [0.1, 0.15) is 30.5 Å². The first-order valence-corrected chi connectivity index (χ1v) is 8.55. The normalized spacial score (nSPS) is 14.5. The minimum Gasteiger partial charge on any atom is -0.487 e. The summed E-state index contributed by atoms with van der Waals surface area (Å²) >= 11 is 0. The van der Waals surface area contributed by atoms with E-state index in [4.69, 9.17) is 10.5 Å². The molecule has 2 aromatic rings. The van der Waals surface area contributed by atoms with Crippen LogP contribution in [0.3, 0.4) is 0 Å². The summed E-state index contributed by atoms with van der Waals surface area (Å²) in [6, 6.07) is 11.4. The highest BCUT2D eigenvalue weighted by molar-refractivity contribution is 5.89. The van der Waals surface area contributed by atoms with E-state index >= 15 is 0 Å². The van der Waals surface area contributed by atoms with E-state index in [-0.39, 0.29) is 11.6 Å². The van der Waals surface area contributed by atoms with Crippen molar-refractivity contribution in [1.29, 1.82) is 0 Å². The van der Waals surface area contributed by atoms with Crippen molar-refractivity contribution in [2.75, 3.05) is 17.6 Å². The molecule has 25 heavy (non-hydrogen) atoms. The maximum atomic E-state index is 12.1. The number of amides is 2. The lowest BCUT2D eigenvalue weighted by Crippen LogP contribution is -2.30. The topological polar surface area (TPSA) is 76.4 Å². The predicted octanol–water partition coefficient (Wildman–Crippen LogP) is 3.65. The Morgan fingerprint density at radius 1 is 1.28 bits per heavy atom. The van der Waals surface area contributed by atoms with Crippen LogP contribution in [0.25, 0.3) is 0 Å². The quantitative estimate of drug-likeness (QED) is 0.744. The van der Waals surface area contributed by atoms with Crippen molar-refractivity contribution >= 4 is 17.4 Å².